The van der Waals surface area contributed by atoms with E-state index < -0.39 is 0 Å². The van der Waals surface area contributed by atoms with Crippen molar-refractivity contribution < 1.29 is 9.47 Å². The highest BCUT2D eigenvalue weighted by Crippen LogP contribution is 2.25. The number of hydrogen-bond donors (Lipinski definition) is 1. The van der Waals surface area contributed by atoms with Crippen LogP contribution in [0, 0.1) is 0 Å². The van der Waals surface area contributed by atoms with E-state index in [4.69, 9.17) is 14.5 Å². The molecule has 1 aromatic carbocycles. The van der Waals surface area contributed by atoms with Crippen LogP contribution in [0.25, 0.3) is 0 Å². The highest BCUT2D eigenvalue weighted by atomic mass is 16.5. The molecule has 2 aliphatic rings. The number of guanidine groups is 1. The fourth-order valence-corrected chi connectivity index (χ4v) is 4.16. The first-order valence-corrected chi connectivity index (χ1v) is 10.7. The van der Waals surface area contributed by atoms with Crippen molar-refractivity contribution in [2.45, 2.75) is 32.2 Å². The van der Waals surface area contributed by atoms with Gasteiger partial charge in [-0.25, -0.2) is 9.98 Å². The Morgan fingerprint density at radius 2 is 2.07 bits per heavy atom. The van der Waals surface area contributed by atoms with Gasteiger partial charge in [-0.05, 0) is 18.1 Å². The summed E-state index contributed by atoms with van der Waals surface area (Å²) in [5.74, 6) is 1.56. The molecule has 4 rings (SSSR count). The Kier molecular flexibility index (Phi) is 6.81. The molecule has 0 amide bonds. The summed E-state index contributed by atoms with van der Waals surface area (Å²) in [5, 5.41) is 3.45. The number of nitrogens with zero attached hydrogens (tertiary/aromatic N) is 4. The highest BCUT2D eigenvalue weighted by molar-refractivity contribution is 5.80. The van der Waals surface area contributed by atoms with E-state index >= 15 is 0 Å². The second-order valence-electron chi connectivity index (χ2n) is 7.72. The van der Waals surface area contributed by atoms with Gasteiger partial charge in [0.05, 0.1) is 32.4 Å². The highest BCUT2D eigenvalue weighted by Gasteiger charge is 2.41. The molecule has 7 nitrogen and oxygen atoms in total. The molecule has 2 aliphatic heterocycles. The molecule has 0 aliphatic carbocycles. The maximum absolute atomic E-state index is 6.13. The molecule has 2 fully saturated rings. The van der Waals surface area contributed by atoms with Crippen molar-refractivity contribution in [2.24, 2.45) is 4.99 Å². The van der Waals surface area contributed by atoms with Crippen LogP contribution in [0.1, 0.15) is 18.1 Å². The van der Waals surface area contributed by atoms with Gasteiger partial charge < -0.3 is 19.7 Å². The third-order valence-electron chi connectivity index (χ3n) is 5.70. The number of benzene rings is 1. The van der Waals surface area contributed by atoms with E-state index in [1.165, 1.54) is 5.56 Å². The molecule has 0 radical (unpaired) electrons. The van der Waals surface area contributed by atoms with Crippen molar-refractivity contribution >= 4 is 5.96 Å². The third kappa shape index (κ3) is 4.91. The van der Waals surface area contributed by atoms with E-state index in [0.29, 0.717) is 18.5 Å². The molecule has 3 heterocycles. The molecule has 0 saturated carbocycles. The Hall–Kier alpha value is -2.64. The number of hydrogen-bond acceptors (Lipinski definition) is 5. The molecular formula is C23H31N5O2. The summed E-state index contributed by atoms with van der Waals surface area (Å²) in [5.41, 5.74) is 2.41. The van der Waals surface area contributed by atoms with Crippen LogP contribution in [0.15, 0.2) is 53.7 Å². The fraction of sp³-hybridized carbons (Fsp3) is 0.478. The number of aliphatic imine (C=N–C) groups is 1. The van der Waals surface area contributed by atoms with Gasteiger partial charge in [0.25, 0.3) is 0 Å². The Morgan fingerprint density at radius 3 is 2.80 bits per heavy atom. The van der Waals surface area contributed by atoms with Gasteiger partial charge in [0.15, 0.2) is 5.96 Å². The third-order valence-corrected chi connectivity index (χ3v) is 5.70. The lowest BCUT2D eigenvalue weighted by Gasteiger charge is -2.36. The summed E-state index contributed by atoms with van der Waals surface area (Å²) in [6.45, 7) is 8.02. The van der Waals surface area contributed by atoms with Crippen LogP contribution in [0.4, 0.5) is 0 Å². The fourth-order valence-electron chi connectivity index (χ4n) is 4.16. The first-order chi connectivity index (χ1) is 14.8. The zero-order valence-corrected chi connectivity index (χ0v) is 17.8. The van der Waals surface area contributed by atoms with Gasteiger partial charge in [-0.15, -0.1) is 0 Å². The van der Waals surface area contributed by atoms with Crippen molar-refractivity contribution in [1.29, 1.82) is 0 Å². The largest absolute Gasteiger partial charge is 0.481 e. The smallest absolute Gasteiger partial charge is 0.212 e. The number of likely N-dealkylation sites (tertiary alicyclic amines) is 1. The van der Waals surface area contributed by atoms with Crippen molar-refractivity contribution in [3.8, 4) is 5.88 Å². The molecular weight excluding hydrogens is 378 g/mol. The predicted molar refractivity (Wildman–Crippen MR) is 118 cm³/mol. The Bertz CT molecular complexity index is 827. The minimum Gasteiger partial charge on any atom is -0.481 e. The monoisotopic (exact) mass is 409 g/mol. The van der Waals surface area contributed by atoms with Gasteiger partial charge in [0, 0.05) is 45.0 Å². The van der Waals surface area contributed by atoms with Crippen molar-refractivity contribution in [2.75, 3.05) is 39.9 Å². The van der Waals surface area contributed by atoms with Gasteiger partial charge in [0.1, 0.15) is 0 Å². The number of nitrogens with one attached hydrogen (secondary N) is 1. The zero-order valence-electron chi connectivity index (χ0n) is 17.8. The average Bonchev–Trinajstić information content (AvgIpc) is 3.23. The first-order valence-electron chi connectivity index (χ1n) is 10.7. The van der Waals surface area contributed by atoms with Crippen molar-refractivity contribution in [3.05, 3.63) is 59.8 Å². The Balaban J connectivity index is 1.43. The molecule has 7 heteroatoms. The average molecular weight is 410 g/mol. The SMILES string of the molecule is CCNC(=NCc1ccc(OC)nc1)N1CC2OCCN(Cc3ccccc3)C2C1. The summed E-state index contributed by atoms with van der Waals surface area (Å²) in [6, 6.07) is 14.9. The van der Waals surface area contributed by atoms with E-state index in [1.807, 2.05) is 18.3 Å². The number of methoxy groups -OCH3 is 1. The zero-order chi connectivity index (χ0) is 20.8. The minimum atomic E-state index is 0.217. The molecule has 1 aromatic heterocycles. The van der Waals surface area contributed by atoms with Crippen LogP contribution in [0.2, 0.25) is 0 Å². The quantitative estimate of drug-likeness (QED) is 0.583. The Morgan fingerprint density at radius 1 is 1.20 bits per heavy atom. The molecule has 2 saturated heterocycles. The van der Waals surface area contributed by atoms with Crippen molar-refractivity contribution in [3.63, 3.8) is 0 Å². The van der Waals surface area contributed by atoms with E-state index in [0.717, 1.165) is 50.9 Å². The first kappa shape index (κ1) is 20.6. The molecule has 0 bridgehead atoms. The van der Waals surface area contributed by atoms with Crippen LogP contribution in [-0.4, -0.2) is 72.8 Å². The predicted octanol–water partition coefficient (Wildman–Crippen LogP) is 2.14. The molecule has 160 valence electrons. The molecule has 0 spiro atoms. The summed E-state index contributed by atoms with van der Waals surface area (Å²) in [6.07, 6.45) is 2.04. The van der Waals surface area contributed by atoms with E-state index in [9.17, 15) is 0 Å². The summed E-state index contributed by atoms with van der Waals surface area (Å²) in [4.78, 5) is 14.0. The van der Waals surface area contributed by atoms with E-state index in [1.54, 1.807) is 7.11 Å². The molecule has 2 unspecified atom stereocenters. The lowest BCUT2D eigenvalue weighted by molar-refractivity contribution is -0.0502. The number of aromatic nitrogens is 1. The lowest BCUT2D eigenvalue weighted by Crippen LogP contribution is -2.50. The van der Waals surface area contributed by atoms with Crippen LogP contribution in [0.5, 0.6) is 5.88 Å². The maximum atomic E-state index is 6.13. The van der Waals surface area contributed by atoms with Gasteiger partial charge in [0.2, 0.25) is 5.88 Å². The van der Waals surface area contributed by atoms with Crippen LogP contribution in [-0.2, 0) is 17.8 Å². The number of ether oxygens (including phenoxy) is 2. The van der Waals surface area contributed by atoms with Gasteiger partial charge in [-0.1, -0.05) is 36.4 Å². The van der Waals surface area contributed by atoms with Crippen molar-refractivity contribution in [1.82, 2.24) is 20.1 Å². The van der Waals surface area contributed by atoms with E-state index in [-0.39, 0.29) is 6.10 Å². The number of morpholine rings is 1. The number of rotatable bonds is 6. The number of pyridine rings is 1. The normalized spacial score (nSPS) is 22.1. The lowest BCUT2D eigenvalue weighted by atomic mass is 10.1. The molecule has 30 heavy (non-hydrogen) atoms. The molecule has 1 N–H and O–H groups in total. The number of fused-ring (bicyclic) bond motifs is 1. The maximum Gasteiger partial charge on any atom is 0.212 e. The van der Waals surface area contributed by atoms with Gasteiger partial charge >= 0.3 is 0 Å². The standard InChI is InChI=1S/C23H31N5O2/c1-3-24-23(26-14-19-9-10-22(29-2)25-13-19)28-16-20-21(17-28)30-12-11-27(20)15-18-7-5-4-6-8-18/h4-10,13,20-21H,3,11-12,14-17H2,1-2H3,(H,24,26). The van der Waals surface area contributed by atoms with Gasteiger partial charge in [-0.2, -0.15) is 0 Å². The van der Waals surface area contributed by atoms with E-state index in [2.05, 4.69) is 57.4 Å². The summed E-state index contributed by atoms with van der Waals surface area (Å²) in [7, 11) is 1.62. The minimum absolute atomic E-state index is 0.217. The van der Waals surface area contributed by atoms with Crippen LogP contribution >= 0.6 is 0 Å². The molecule has 2 atom stereocenters. The molecule has 2 aromatic rings. The summed E-state index contributed by atoms with van der Waals surface area (Å²) < 4.78 is 11.3. The van der Waals surface area contributed by atoms with Crippen LogP contribution < -0.4 is 10.1 Å². The topological polar surface area (TPSA) is 62.2 Å². The van der Waals surface area contributed by atoms with Crippen LogP contribution in [0.3, 0.4) is 0 Å². The second-order valence-corrected chi connectivity index (χ2v) is 7.72. The van der Waals surface area contributed by atoms with Gasteiger partial charge in [-0.3, -0.25) is 4.90 Å². The Labute approximate surface area is 178 Å². The second kappa shape index (κ2) is 9.91. The summed E-state index contributed by atoms with van der Waals surface area (Å²) >= 11 is 0.